The van der Waals surface area contributed by atoms with Gasteiger partial charge in [0.15, 0.2) is 0 Å². The van der Waals surface area contributed by atoms with Crippen molar-refractivity contribution in [1.82, 2.24) is 4.72 Å². The van der Waals surface area contributed by atoms with Gasteiger partial charge in [-0.25, -0.2) is 17.9 Å². The first-order chi connectivity index (χ1) is 8.37. The van der Waals surface area contributed by atoms with E-state index in [0.717, 1.165) is 6.42 Å². The largest absolute Gasteiger partial charge is 0.478 e. The number of aromatic carboxylic acids is 1. The van der Waals surface area contributed by atoms with Crippen LogP contribution in [-0.4, -0.2) is 25.5 Å². The van der Waals surface area contributed by atoms with Gasteiger partial charge in [0.2, 0.25) is 10.0 Å². The van der Waals surface area contributed by atoms with Crippen LogP contribution in [0.1, 0.15) is 29.3 Å². The third-order valence-corrected chi connectivity index (χ3v) is 4.35. The highest BCUT2D eigenvalue weighted by molar-refractivity contribution is 7.88. The summed E-state index contributed by atoms with van der Waals surface area (Å²) in [5.41, 5.74) is 0.582. The summed E-state index contributed by atoms with van der Waals surface area (Å²) in [7, 11) is -3.39. The number of carbonyl (C=O) groups is 1. The summed E-state index contributed by atoms with van der Waals surface area (Å²) in [6, 6.07) is 6.03. The second-order valence-corrected chi connectivity index (χ2v) is 6.46. The number of rotatable bonds is 5. The third kappa shape index (κ3) is 3.30. The van der Waals surface area contributed by atoms with Crippen molar-refractivity contribution in [3.05, 3.63) is 35.4 Å². The van der Waals surface area contributed by atoms with Crippen LogP contribution in [0.5, 0.6) is 0 Å². The summed E-state index contributed by atoms with van der Waals surface area (Å²) in [4.78, 5) is 10.8. The lowest BCUT2D eigenvalue weighted by Gasteiger charge is -2.06. The van der Waals surface area contributed by atoms with Crippen LogP contribution in [0, 0.1) is 5.92 Å². The Bertz CT molecular complexity index is 567. The van der Waals surface area contributed by atoms with Crippen LogP contribution in [0.2, 0.25) is 0 Å². The molecule has 2 rings (SSSR count). The molecule has 5 nitrogen and oxygen atoms in total. The molecule has 1 aromatic rings. The van der Waals surface area contributed by atoms with E-state index in [9.17, 15) is 13.2 Å². The molecule has 1 saturated carbocycles. The zero-order valence-electron chi connectivity index (χ0n) is 9.96. The number of benzene rings is 1. The summed E-state index contributed by atoms with van der Waals surface area (Å²) in [6.07, 6.45) is 0.869. The van der Waals surface area contributed by atoms with Crippen LogP contribution in [0.25, 0.3) is 0 Å². The van der Waals surface area contributed by atoms with Gasteiger partial charge < -0.3 is 5.11 Å². The fraction of sp³-hybridized carbons (Fsp3) is 0.417. The maximum Gasteiger partial charge on any atom is 0.335 e. The molecule has 0 heterocycles. The highest BCUT2D eigenvalue weighted by Crippen LogP contribution is 2.30. The molecule has 1 aliphatic rings. The molecule has 2 N–H and O–H groups in total. The summed E-state index contributed by atoms with van der Waals surface area (Å²) in [6.45, 7) is 1.98. The number of sulfonamides is 1. The summed E-state index contributed by atoms with van der Waals surface area (Å²) in [5, 5.41) is 8.83. The van der Waals surface area contributed by atoms with Gasteiger partial charge in [-0.2, -0.15) is 0 Å². The standard InChI is InChI=1S/C12H15NO4S/c1-8-5-11(8)13-18(16,17)7-9-3-2-4-10(6-9)12(14)15/h2-4,6,8,11,13H,5,7H2,1H3,(H,14,15). The smallest absolute Gasteiger partial charge is 0.335 e. The molecule has 0 bridgehead atoms. The minimum Gasteiger partial charge on any atom is -0.478 e. The molecule has 1 aliphatic carbocycles. The number of hydrogen-bond acceptors (Lipinski definition) is 3. The molecule has 98 valence electrons. The van der Waals surface area contributed by atoms with Crippen molar-refractivity contribution in [2.24, 2.45) is 5.92 Å². The minimum atomic E-state index is -3.39. The molecule has 2 atom stereocenters. The second kappa shape index (κ2) is 4.70. The van der Waals surface area contributed by atoms with Crippen LogP contribution < -0.4 is 4.72 Å². The van der Waals surface area contributed by atoms with Crippen molar-refractivity contribution < 1.29 is 18.3 Å². The van der Waals surface area contributed by atoms with E-state index < -0.39 is 16.0 Å². The predicted molar refractivity (Wildman–Crippen MR) is 66.7 cm³/mol. The van der Waals surface area contributed by atoms with E-state index >= 15 is 0 Å². The van der Waals surface area contributed by atoms with E-state index in [1.165, 1.54) is 12.1 Å². The van der Waals surface area contributed by atoms with Gasteiger partial charge in [0.1, 0.15) is 0 Å². The van der Waals surface area contributed by atoms with Crippen molar-refractivity contribution in [3.63, 3.8) is 0 Å². The lowest BCUT2D eigenvalue weighted by molar-refractivity contribution is 0.0696. The maximum absolute atomic E-state index is 11.8. The van der Waals surface area contributed by atoms with Crippen molar-refractivity contribution >= 4 is 16.0 Å². The van der Waals surface area contributed by atoms with Gasteiger partial charge in [0.05, 0.1) is 11.3 Å². The van der Waals surface area contributed by atoms with E-state index in [2.05, 4.69) is 4.72 Å². The Kier molecular flexibility index (Phi) is 3.41. The molecule has 1 fully saturated rings. The highest BCUT2D eigenvalue weighted by atomic mass is 32.2. The molecule has 0 radical (unpaired) electrons. The molecule has 1 aromatic carbocycles. The molecule has 0 amide bonds. The maximum atomic E-state index is 11.8. The Morgan fingerprint density at radius 2 is 2.17 bits per heavy atom. The van der Waals surface area contributed by atoms with Crippen LogP contribution in [0.3, 0.4) is 0 Å². The van der Waals surface area contributed by atoms with Crippen LogP contribution in [0.4, 0.5) is 0 Å². The van der Waals surface area contributed by atoms with E-state index in [1.807, 2.05) is 6.92 Å². The van der Waals surface area contributed by atoms with Gasteiger partial charge in [-0.05, 0) is 30.0 Å². The normalized spacial score (nSPS) is 22.7. The van der Waals surface area contributed by atoms with E-state index in [0.29, 0.717) is 11.5 Å². The number of nitrogens with one attached hydrogen (secondary N) is 1. The average Bonchev–Trinajstić information content (AvgIpc) is 2.92. The molecule has 18 heavy (non-hydrogen) atoms. The molecular weight excluding hydrogens is 254 g/mol. The number of carboxylic acid groups (broad SMARTS) is 1. The van der Waals surface area contributed by atoms with Gasteiger partial charge in [-0.15, -0.1) is 0 Å². The van der Waals surface area contributed by atoms with Gasteiger partial charge in [-0.3, -0.25) is 0 Å². The quantitative estimate of drug-likeness (QED) is 0.841. The molecule has 2 unspecified atom stereocenters. The monoisotopic (exact) mass is 269 g/mol. The molecule has 6 heteroatoms. The topological polar surface area (TPSA) is 83.5 Å². The molecule has 0 aromatic heterocycles. The van der Waals surface area contributed by atoms with Crippen molar-refractivity contribution in [2.75, 3.05) is 0 Å². The lowest BCUT2D eigenvalue weighted by atomic mass is 10.1. The van der Waals surface area contributed by atoms with Crippen molar-refractivity contribution in [3.8, 4) is 0 Å². The van der Waals surface area contributed by atoms with E-state index in [1.54, 1.807) is 12.1 Å². The van der Waals surface area contributed by atoms with Crippen LogP contribution in [-0.2, 0) is 15.8 Å². The van der Waals surface area contributed by atoms with E-state index in [-0.39, 0.29) is 17.4 Å². The number of hydrogen-bond donors (Lipinski definition) is 2. The van der Waals surface area contributed by atoms with E-state index in [4.69, 9.17) is 5.11 Å². The third-order valence-electron chi connectivity index (χ3n) is 2.97. The van der Waals surface area contributed by atoms with Gasteiger partial charge >= 0.3 is 5.97 Å². The number of carboxylic acids is 1. The Morgan fingerprint density at radius 3 is 2.72 bits per heavy atom. The fourth-order valence-electron chi connectivity index (χ4n) is 1.77. The predicted octanol–water partition coefficient (Wildman–Crippen LogP) is 1.21. The first-order valence-electron chi connectivity index (χ1n) is 5.69. The average molecular weight is 269 g/mol. The molecule has 0 spiro atoms. The van der Waals surface area contributed by atoms with Gasteiger partial charge in [0, 0.05) is 6.04 Å². The zero-order valence-corrected chi connectivity index (χ0v) is 10.8. The molecular formula is C12H15NO4S. The summed E-state index contributed by atoms with van der Waals surface area (Å²) >= 11 is 0. The second-order valence-electron chi connectivity index (χ2n) is 4.70. The zero-order chi connectivity index (χ0) is 13.3. The Labute approximate surface area is 106 Å². The Balaban J connectivity index is 2.08. The SMILES string of the molecule is CC1CC1NS(=O)(=O)Cc1cccc(C(=O)O)c1. The van der Waals surface area contributed by atoms with Crippen LogP contribution in [0.15, 0.2) is 24.3 Å². The van der Waals surface area contributed by atoms with Gasteiger partial charge in [0.25, 0.3) is 0 Å². The highest BCUT2D eigenvalue weighted by Gasteiger charge is 2.35. The Morgan fingerprint density at radius 1 is 1.50 bits per heavy atom. The summed E-state index contributed by atoms with van der Waals surface area (Å²) < 4.78 is 26.2. The first kappa shape index (κ1) is 13.0. The fourth-order valence-corrected chi connectivity index (χ4v) is 3.26. The molecule has 0 aliphatic heterocycles. The Hall–Kier alpha value is -1.40. The van der Waals surface area contributed by atoms with Gasteiger partial charge in [-0.1, -0.05) is 19.1 Å². The minimum absolute atomic E-state index is 0.0395. The van der Waals surface area contributed by atoms with Crippen molar-refractivity contribution in [2.45, 2.75) is 25.1 Å². The van der Waals surface area contributed by atoms with Crippen LogP contribution >= 0.6 is 0 Å². The first-order valence-corrected chi connectivity index (χ1v) is 7.35. The summed E-state index contributed by atoms with van der Waals surface area (Å²) in [5.74, 6) is -0.847. The molecule has 0 saturated heterocycles. The lowest BCUT2D eigenvalue weighted by Crippen LogP contribution is -2.28. The van der Waals surface area contributed by atoms with Crippen molar-refractivity contribution in [1.29, 1.82) is 0 Å².